The van der Waals surface area contributed by atoms with Crippen LogP contribution < -0.4 is 5.32 Å². The summed E-state index contributed by atoms with van der Waals surface area (Å²) in [6.45, 7) is 0.857. The predicted octanol–water partition coefficient (Wildman–Crippen LogP) is 0.587. The summed E-state index contributed by atoms with van der Waals surface area (Å²) in [5.74, 6) is -1.05. The van der Waals surface area contributed by atoms with Crippen LogP contribution in [0.15, 0.2) is 10.6 Å². The summed E-state index contributed by atoms with van der Waals surface area (Å²) < 4.78 is 0. The van der Waals surface area contributed by atoms with Gasteiger partial charge in [0, 0.05) is 4.91 Å². The second kappa shape index (κ2) is 4.47. The van der Waals surface area contributed by atoms with Crippen LogP contribution in [0.25, 0.3) is 0 Å². The van der Waals surface area contributed by atoms with Gasteiger partial charge >= 0.3 is 5.97 Å². The van der Waals surface area contributed by atoms with Crippen LogP contribution in [0, 0.1) is 0 Å². The van der Waals surface area contributed by atoms with E-state index in [1.165, 1.54) is 16.7 Å². The number of nitrogens with one attached hydrogen (secondary N) is 1. The first-order valence-corrected chi connectivity index (χ1v) is 6.13. The fraction of sp³-hybridized carbons (Fsp3) is 0.600. The van der Waals surface area contributed by atoms with E-state index in [0.717, 1.165) is 24.3 Å². The quantitative estimate of drug-likeness (QED) is 0.545. The molecule has 0 saturated carbocycles. The first-order valence-electron chi connectivity index (χ1n) is 5.25. The van der Waals surface area contributed by atoms with Crippen molar-refractivity contribution in [1.82, 2.24) is 10.2 Å². The summed E-state index contributed by atoms with van der Waals surface area (Å²) in [6.07, 6.45) is 2.09. The van der Waals surface area contributed by atoms with Crippen LogP contribution in [0.5, 0.6) is 0 Å². The molecule has 0 radical (unpaired) electrons. The van der Waals surface area contributed by atoms with Crippen molar-refractivity contribution in [3.8, 4) is 0 Å². The zero-order valence-electron chi connectivity index (χ0n) is 9.02. The minimum absolute atomic E-state index is 0.0446. The third-order valence-electron chi connectivity index (χ3n) is 2.72. The topological polar surface area (TPSA) is 69.6 Å². The molecule has 0 bridgehead atoms. The van der Waals surface area contributed by atoms with Gasteiger partial charge in [0.05, 0.1) is 11.8 Å². The van der Waals surface area contributed by atoms with E-state index in [1.807, 2.05) is 7.05 Å². The predicted molar refractivity (Wildman–Crippen MR) is 60.7 cm³/mol. The number of thioether (sulfide) groups is 1. The Labute approximate surface area is 97.9 Å². The van der Waals surface area contributed by atoms with E-state index in [4.69, 9.17) is 5.11 Å². The highest BCUT2D eigenvalue weighted by molar-refractivity contribution is 8.04. The van der Waals surface area contributed by atoms with Gasteiger partial charge in [0.15, 0.2) is 0 Å². The monoisotopic (exact) mass is 242 g/mol. The van der Waals surface area contributed by atoms with Crippen LogP contribution in [0.1, 0.15) is 19.3 Å². The van der Waals surface area contributed by atoms with Crippen molar-refractivity contribution < 1.29 is 14.7 Å². The number of hydrogen-bond donors (Lipinski definition) is 2. The molecule has 2 N–H and O–H groups in total. The maximum Gasteiger partial charge on any atom is 0.353 e. The summed E-state index contributed by atoms with van der Waals surface area (Å²) in [5, 5.41) is 12.2. The van der Waals surface area contributed by atoms with Gasteiger partial charge < -0.3 is 10.4 Å². The van der Waals surface area contributed by atoms with Gasteiger partial charge in [-0.05, 0) is 26.4 Å². The third-order valence-corrected chi connectivity index (χ3v) is 4.05. The molecule has 0 spiro atoms. The Balaban J connectivity index is 2.09. The van der Waals surface area contributed by atoms with Crippen LogP contribution in [-0.4, -0.2) is 40.8 Å². The normalized spacial score (nSPS) is 23.4. The first-order chi connectivity index (χ1) is 7.65. The molecule has 2 rings (SSSR count). The van der Waals surface area contributed by atoms with Gasteiger partial charge in [0.1, 0.15) is 5.70 Å². The van der Waals surface area contributed by atoms with Crippen LogP contribution >= 0.6 is 11.8 Å². The molecule has 0 unspecified atom stereocenters. The van der Waals surface area contributed by atoms with E-state index in [-0.39, 0.29) is 17.0 Å². The number of carboxylic acid groups (broad SMARTS) is 1. The molecule has 1 atom stereocenters. The smallest absolute Gasteiger partial charge is 0.353 e. The maximum atomic E-state index is 11.3. The van der Waals surface area contributed by atoms with Crippen molar-refractivity contribution in [3.05, 3.63) is 10.6 Å². The molecule has 2 aliphatic heterocycles. The Bertz CT molecular complexity index is 367. The highest BCUT2D eigenvalue weighted by atomic mass is 32.2. The number of allylic oxidation sites excluding steroid dienone is 1. The molecule has 0 aromatic rings. The Morgan fingerprint density at radius 3 is 3.00 bits per heavy atom. The minimum Gasteiger partial charge on any atom is -0.477 e. The van der Waals surface area contributed by atoms with Crippen molar-refractivity contribution in [1.29, 1.82) is 0 Å². The van der Waals surface area contributed by atoms with E-state index < -0.39 is 5.97 Å². The van der Waals surface area contributed by atoms with Gasteiger partial charge in [0.2, 0.25) is 5.91 Å². The van der Waals surface area contributed by atoms with E-state index in [0.29, 0.717) is 6.42 Å². The maximum absolute atomic E-state index is 11.3. The lowest BCUT2D eigenvalue weighted by Gasteiger charge is -2.33. The first kappa shape index (κ1) is 11.5. The summed E-state index contributed by atoms with van der Waals surface area (Å²) in [6, 6.07) is 0. The fourth-order valence-electron chi connectivity index (χ4n) is 1.93. The summed E-state index contributed by atoms with van der Waals surface area (Å²) in [4.78, 5) is 24.7. The minimum atomic E-state index is -0.984. The molecular formula is C10H14N2O3S. The van der Waals surface area contributed by atoms with E-state index in [2.05, 4.69) is 5.32 Å². The largest absolute Gasteiger partial charge is 0.477 e. The van der Waals surface area contributed by atoms with Crippen molar-refractivity contribution in [2.24, 2.45) is 0 Å². The number of aliphatic carboxylic acids is 1. The molecule has 0 aliphatic carbocycles. The summed E-state index contributed by atoms with van der Waals surface area (Å²) in [7, 11) is 1.87. The molecule has 2 aliphatic rings. The van der Waals surface area contributed by atoms with Crippen molar-refractivity contribution >= 4 is 23.6 Å². The number of nitrogens with zero attached hydrogens (tertiary/aromatic N) is 1. The van der Waals surface area contributed by atoms with Crippen LogP contribution in [0.2, 0.25) is 0 Å². The van der Waals surface area contributed by atoms with Gasteiger partial charge in [-0.2, -0.15) is 0 Å². The van der Waals surface area contributed by atoms with Gasteiger partial charge in [0.25, 0.3) is 0 Å². The van der Waals surface area contributed by atoms with Crippen molar-refractivity contribution in [3.63, 3.8) is 0 Å². The molecule has 1 saturated heterocycles. The second-order valence-electron chi connectivity index (χ2n) is 3.82. The second-order valence-corrected chi connectivity index (χ2v) is 5.10. The number of carbonyl (C=O) groups excluding carboxylic acids is 1. The number of carbonyl (C=O) groups is 2. The third kappa shape index (κ3) is 1.82. The summed E-state index contributed by atoms with van der Waals surface area (Å²) in [5.41, 5.74) is 0.211. The lowest BCUT2D eigenvalue weighted by atomic mass is 10.1. The SMILES string of the molecule is CNCCCC1=C(C(=O)O)N2C(=O)C[C@@H]2S1. The number of carboxylic acids is 1. The fourth-order valence-corrected chi connectivity index (χ4v) is 3.37. The molecular weight excluding hydrogens is 228 g/mol. The number of amides is 1. The van der Waals surface area contributed by atoms with Gasteiger partial charge in [-0.15, -0.1) is 11.8 Å². The van der Waals surface area contributed by atoms with Gasteiger partial charge in [-0.1, -0.05) is 0 Å². The van der Waals surface area contributed by atoms with Crippen molar-refractivity contribution in [2.45, 2.75) is 24.6 Å². The molecule has 0 aromatic heterocycles. The number of β-lactam (4-membered cyclic amide) rings is 1. The molecule has 1 fully saturated rings. The van der Waals surface area contributed by atoms with E-state index in [9.17, 15) is 9.59 Å². The zero-order chi connectivity index (χ0) is 11.7. The Kier molecular flexibility index (Phi) is 3.20. The summed E-state index contributed by atoms with van der Waals surface area (Å²) >= 11 is 1.53. The lowest BCUT2D eigenvalue weighted by Crippen LogP contribution is -2.48. The standard InChI is InChI=1S/C10H14N2O3S/c1-11-4-2-3-6-9(10(14)15)12-7(13)5-8(12)16-6/h8,11H,2-5H2,1H3,(H,14,15)/t8-/m0/s1. The van der Waals surface area contributed by atoms with Crippen LogP contribution in [0.4, 0.5) is 0 Å². The van der Waals surface area contributed by atoms with E-state index >= 15 is 0 Å². The van der Waals surface area contributed by atoms with Crippen molar-refractivity contribution in [2.75, 3.05) is 13.6 Å². The molecule has 2 heterocycles. The average molecular weight is 242 g/mol. The van der Waals surface area contributed by atoms with Gasteiger partial charge in [-0.3, -0.25) is 9.69 Å². The molecule has 6 heteroatoms. The molecule has 5 nitrogen and oxygen atoms in total. The molecule has 1 amide bonds. The Hall–Kier alpha value is -1.01. The lowest BCUT2D eigenvalue weighted by molar-refractivity contribution is -0.145. The molecule has 88 valence electrons. The molecule has 16 heavy (non-hydrogen) atoms. The van der Waals surface area contributed by atoms with Crippen LogP contribution in [0.3, 0.4) is 0 Å². The number of fused-ring (bicyclic) bond motifs is 1. The van der Waals surface area contributed by atoms with Gasteiger partial charge in [-0.25, -0.2) is 4.79 Å². The Morgan fingerprint density at radius 1 is 1.69 bits per heavy atom. The highest BCUT2D eigenvalue weighted by Gasteiger charge is 2.47. The highest BCUT2D eigenvalue weighted by Crippen LogP contribution is 2.47. The van der Waals surface area contributed by atoms with Crippen LogP contribution in [-0.2, 0) is 9.59 Å². The van der Waals surface area contributed by atoms with E-state index in [1.54, 1.807) is 0 Å². The number of hydrogen-bond acceptors (Lipinski definition) is 4. The number of rotatable bonds is 5. The average Bonchev–Trinajstić information content (AvgIpc) is 2.52. The zero-order valence-corrected chi connectivity index (χ0v) is 9.84. The Morgan fingerprint density at radius 2 is 2.44 bits per heavy atom. The molecule has 0 aromatic carbocycles.